The van der Waals surface area contributed by atoms with Crippen molar-refractivity contribution in [3.8, 4) is 0 Å². The van der Waals surface area contributed by atoms with Crippen LogP contribution in [0, 0.1) is 5.92 Å². The highest BCUT2D eigenvalue weighted by Gasteiger charge is 2.23. The first-order chi connectivity index (χ1) is 10.5. The molecule has 2 rings (SSSR count). The SMILES string of the molecule is COC(=O)c1sccc1NC(=O)CN1CCC(C(C)N)CC1.Cl. The molecule has 1 aromatic heterocycles. The van der Waals surface area contributed by atoms with E-state index >= 15 is 0 Å². The maximum Gasteiger partial charge on any atom is 0.350 e. The van der Waals surface area contributed by atoms with E-state index < -0.39 is 5.97 Å². The molecule has 0 saturated carbocycles. The zero-order chi connectivity index (χ0) is 16.1. The second-order valence-corrected chi connectivity index (χ2v) is 6.59. The van der Waals surface area contributed by atoms with Crippen LogP contribution in [0.3, 0.4) is 0 Å². The van der Waals surface area contributed by atoms with Crippen molar-refractivity contribution < 1.29 is 14.3 Å². The Hall–Kier alpha value is -1.15. The minimum atomic E-state index is -0.428. The number of hydrogen-bond donors (Lipinski definition) is 2. The number of carbonyl (C=O) groups excluding carboxylic acids is 2. The highest BCUT2D eigenvalue weighted by Crippen LogP contribution is 2.23. The van der Waals surface area contributed by atoms with Gasteiger partial charge in [0.2, 0.25) is 5.91 Å². The van der Waals surface area contributed by atoms with Gasteiger partial charge in [0.1, 0.15) is 4.88 Å². The van der Waals surface area contributed by atoms with Gasteiger partial charge in [-0.05, 0) is 50.2 Å². The Bertz CT molecular complexity index is 528. The molecule has 130 valence electrons. The second kappa shape index (κ2) is 9.22. The van der Waals surface area contributed by atoms with Crippen LogP contribution in [0.1, 0.15) is 29.4 Å². The molecule has 1 fully saturated rings. The van der Waals surface area contributed by atoms with Gasteiger partial charge < -0.3 is 15.8 Å². The zero-order valence-corrected chi connectivity index (χ0v) is 15.0. The third kappa shape index (κ3) is 5.46. The lowest BCUT2D eigenvalue weighted by molar-refractivity contribution is -0.117. The summed E-state index contributed by atoms with van der Waals surface area (Å²) in [4.78, 5) is 26.3. The standard InChI is InChI=1S/C15H23N3O3S.ClH/c1-10(16)11-3-6-18(7-4-11)9-13(19)17-12-5-8-22-14(12)15(20)21-2;/h5,8,10-11H,3-4,6-7,9,16H2,1-2H3,(H,17,19);1H. The average molecular weight is 362 g/mol. The third-order valence-electron chi connectivity index (χ3n) is 4.05. The molecule has 0 radical (unpaired) electrons. The number of carbonyl (C=O) groups is 2. The van der Waals surface area contributed by atoms with Crippen LogP contribution in [0.2, 0.25) is 0 Å². The van der Waals surface area contributed by atoms with Gasteiger partial charge in [-0.1, -0.05) is 0 Å². The fourth-order valence-corrected chi connectivity index (χ4v) is 3.45. The molecule has 2 heterocycles. The molecule has 1 amide bonds. The Morgan fingerprint density at radius 3 is 2.70 bits per heavy atom. The molecule has 1 aromatic rings. The van der Waals surface area contributed by atoms with Crippen LogP contribution in [0.15, 0.2) is 11.4 Å². The molecular formula is C15H24ClN3O3S. The van der Waals surface area contributed by atoms with Crippen LogP contribution >= 0.6 is 23.7 Å². The third-order valence-corrected chi connectivity index (χ3v) is 4.95. The molecule has 1 atom stereocenters. The number of amides is 1. The van der Waals surface area contributed by atoms with Gasteiger partial charge in [-0.2, -0.15) is 0 Å². The summed E-state index contributed by atoms with van der Waals surface area (Å²) < 4.78 is 4.70. The van der Waals surface area contributed by atoms with E-state index in [0.717, 1.165) is 25.9 Å². The summed E-state index contributed by atoms with van der Waals surface area (Å²) in [7, 11) is 1.33. The summed E-state index contributed by atoms with van der Waals surface area (Å²) in [6.07, 6.45) is 2.05. The van der Waals surface area contributed by atoms with Crippen molar-refractivity contribution in [3.05, 3.63) is 16.3 Å². The molecule has 1 aliphatic heterocycles. The van der Waals surface area contributed by atoms with Crippen LogP contribution in [-0.2, 0) is 9.53 Å². The summed E-state index contributed by atoms with van der Waals surface area (Å²) in [5, 5.41) is 4.55. The number of anilines is 1. The predicted octanol–water partition coefficient (Wildman–Crippen LogP) is 1.95. The molecule has 1 saturated heterocycles. The molecule has 0 spiro atoms. The molecular weight excluding hydrogens is 338 g/mol. The number of halogens is 1. The molecule has 1 unspecified atom stereocenters. The van der Waals surface area contributed by atoms with Gasteiger partial charge in [0.25, 0.3) is 0 Å². The number of nitrogens with two attached hydrogens (primary N) is 1. The lowest BCUT2D eigenvalue weighted by atomic mass is 9.91. The first kappa shape index (κ1) is 19.9. The summed E-state index contributed by atoms with van der Waals surface area (Å²) in [6, 6.07) is 1.93. The summed E-state index contributed by atoms with van der Waals surface area (Å²) in [5.74, 6) is 0.00737. The van der Waals surface area contributed by atoms with E-state index in [0.29, 0.717) is 23.0 Å². The number of nitrogens with one attached hydrogen (secondary N) is 1. The molecule has 6 nitrogen and oxygen atoms in total. The van der Waals surface area contributed by atoms with E-state index in [1.165, 1.54) is 18.4 Å². The number of esters is 1. The number of rotatable bonds is 5. The van der Waals surface area contributed by atoms with Gasteiger partial charge in [-0.25, -0.2) is 4.79 Å². The van der Waals surface area contributed by atoms with Crippen LogP contribution in [-0.4, -0.2) is 49.6 Å². The van der Waals surface area contributed by atoms with Crippen molar-refractivity contribution in [1.29, 1.82) is 0 Å². The fraction of sp³-hybridized carbons (Fsp3) is 0.600. The quantitative estimate of drug-likeness (QED) is 0.783. The number of hydrogen-bond acceptors (Lipinski definition) is 6. The maximum atomic E-state index is 12.1. The van der Waals surface area contributed by atoms with Gasteiger partial charge >= 0.3 is 5.97 Å². The normalized spacial score (nSPS) is 17.2. The highest BCUT2D eigenvalue weighted by molar-refractivity contribution is 7.12. The summed E-state index contributed by atoms with van der Waals surface area (Å²) >= 11 is 1.26. The molecule has 0 aromatic carbocycles. The molecule has 0 bridgehead atoms. The Labute approximate surface area is 146 Å². The molecule has 1 aliphatic rings. The van der Waals surface area contributed by atoms with Crippen LogP contribution < -0.4 is 11.1 Å². The van der Waals surface area contributed by atoms with Gasteiger partial charge in [0, 0.05) is 6.04 Å². The van der Waals surface area contributed by atoms with Crippen LogP contribution in [0.25, 0.3) is 0 Å². The van der Waals surface area contributed by atoms with E-state index in [2.05, 4.69) is 10.2 Å². The average Bonchev–Trinajstić information content (AvgIpc) is 2.95. The van der Waals surface area contributed by atoms with Gasteiger partial charge in [0.15, 0.2) is 0 Å². The Morgan fingerprint density at radius 2 is 2.13 bits per heavy atom. The van der Waals surface area contributed by atoms with Crippen LogP contribution in [0.4, 0.5) is 5.69 Å². The van der Waals surface area contributed by atoms with Crippen molar-refractivity contribution in [2.45, 2.75) is 25.8 Å². The van der Waals surface area contributed by atoms with E-state index in [9.17, 15) is 9.59 Å². The van der Waals surface area contributed by atoms with Crippen molar-refractivity contribution >= 4 is 41.3 Å². The number of likely N-dealkylation sites (tertiary alicyclic amines) is 1. The lowest BCUT2D eigenvalue weighted by Gasteiger charge is -2.33. The Kier molecular flexibility index (Phi) is 7.98. The van der Waals surface area contributed by atoms with E-state index in [1.807, 2.05) is 6.92 Å². The Morgan fingerprint density at radius 1 is 1.48 bits per heavy atom. The molecule has 23 heavy (non-hydrogen) atoms. The van der Waals surface area contributed by atoms with E-state index in [-0.39, 0.29) is 24.4 Å². The van der Waals surface area contributed by atoms with Crippen molar-refractivity contribution in [2.75, 3.05) is 32.1 Å². The smallest absolute Gasteiger partial charge is 0.350 e. The van der Waals surface area contributed by atoms with Gasteiger partial charge in [-0.15, -0.1) is 23.7 Å². The van der Waals surface area contributed by atoms with Crippen LogP contribution in [0.5, 0.6) is 0 Å². The summed E-state index contributed by atoms with van der Waals surface area (Å²) in [5.41, 5.74) is 6.44. The number of nitrogens with zero attached hydrogens (tertiary/aromatic N) is 1. The monoisotopic (exact) mass is 361 g/mol. The predicted molar refractivity (Wildman–Crippen MR) is 94.3 cm³/mol. The van der Waals surface area contributed by atoms with Gasteiger partial charge in [-0.3, -0.25) is 9.69 Å². The fourth-order valence-electron chi connectivity index (χ4n) is 2.69. The topological polar surface area (TPSA) is 84.7 Å². The number of piperidine rings is 1. The number of thiophene rings is 1. The summed E-state index contributed by atoms with van der Waals surface area (Å²) in [6.45, 7) is 4.14. The maximum absolute atomic E-state index is 12.1. The van der Waals surface area contributed by atoms with Gasteiger partial charge in [0.05, 0.1) is 19.3 Å². The molecule has 3 N–H and O–H groups in total. The zero-order valence-electron chi connectivity index (χ0n) is 13.4. The largest absolute Gasteiger partial charge is 0.465 e. The highest BCUT2D eigenvalue weighted by atomic mass is 35.5. The minimum Gasteiger partial charge on any atom is -0.465 e. The molecule has 0 aliphatic carbocycles. The lowest BCUT2D eigenvalue weighted by Crippen LogP contribution is -2.42. The van der Waals surface area contributed by atoms with Crippen molar-refractivity contribution in [2.24, 2.45) is 11.7 Å². The second-order valence-electron chi connectivity index (χ2n) is 5.68. The first-order valence-electron chi connectivity index (χ1n) is 7.45. The van der Waals surface area contributed by atoms with E-state index in [1.54, 1.807) is 11.4 Å². The number of ether oxygens (including phenoxy) is 1. The van der Waals surface area contributed by atoms with Crippen molar-refractivity contribution in [3.63, 3.8) is 0 Å². The molecule has 8 heteroatoms. The minimum absolute atomic E-state index is 0. The Balaban J connectivity index is 0.00000264. The van der Waals surface area contributed by atoms with E-state index in [4.69, 9.17) is 10.5 Å². The number of methoxy groups -OCH3 is 1. The van der Waals surface area contributed by atoms with Crippen molar-refractivity contribution in [1.82, 2.24) is 4.90 Å². The first-order valence-corrected chi connectivity index (χ1v) is 8.32.